The van der Waals surface area contributed by atoms with Crippen LogP contribution in [0.2, 0.25) is 0 Å². The van der Waals surface area contributed by atoms with Gasteiger partial charge in [-0.15, -0.1) is 0 Å². The quantitative estimate of drug-likeness (QED) is 0.683. The van der Waals surface area contributed by atoms with Crippen molar-refractivity contribution < 1.29 is 38.9 Å². The van der Waals surface area contributed by atoms with Crippen molar-refractivity contribution in [2.75, 3.05) is 13.1 Å². The van der Waals surface area contributed by atoms with Crippen molar-refractivity contribution >= 4 is 24.1 Å². The third kappa shape index (κ3) is 8.08. The summed E-state index contributed by atoms with van der Waals surface area (Å²) < 4.78 is 10.3. The summed E-state index contributed by atoms with van der Waals surface area (Å²) in [5, 5.41) is 17.8. The Morgan fingerprint density at radius 2 is 1.00 bits per heavy atom. The van der Waals surface area contributed by atoms with Crippen molar-refractivity contribution in [1.29, 1.82) is 0 Å². The first-order chi connectivity index (χ1) is 13.6. The number of aliphatic carboxylic acids is 2. The van der Waals surface area contributed by atoms with E-state index in [1.54, 1.807) is 41.5 Å². The van der Waals surface area contributed by atoms with Gasteiger partial charge in [0.2, 0.25) is 0 Å². The molecule has 2 amide bonds. The Bertz CT molecular complexity index is 594. The van der Waals surface area contributed by atoms with Gasteiger partial charge in [0, 0.05) is 13.1 Å². The van der Waals surface area contributed by atoms with E-state index in [1.807, 2.05) is 0 Å². The third-order valence-electron chi connectivity index (χ3n) is 4.33. The van der Waals surface area contributed by atoms with Crippen LogP contribution in [0, 0.1) is 0 Å². The molecule has 2 atom stereocenters. The number of carboxylic acids is 2. The molecule has 0 bridgehead atoms. The minimum Gasteiger partial charge on any atom is -0.480 e. The molecule has 10 heteroatoms. The zero-order valence-corrected chi connectivity index (χ0v) is 18.6. The molecule has 2 heterocycles. The van der Waals surface area contributed by atoms with Crippen LogP contribution >= 0.6 is 0 Å². The van der Waals surface area contributed by atoms with Gasteiger partial charge in [0.25, 0.3) is 0 Å². The van der Waals surface area contributed by atoms with Gasteiger partial charge in [-0.3, -0.25) is 9.80 Å². The van der Waals surface area contributed by atoms with Crippen molar-refractivity contribution in [3.05, 3.63) is 0 Å². The van der Waals surface area contributed by atoms with Gasteiger partial charge in [0.1, 0.15) is 23.3 Å². The molecule has 0 aromatic heterocycles. The Kier molecular flexibility index (Phi) is 8.50. The van der Waals surface area contributed by atoms with Crippen LogP contribution in [0.4, 0.5) is 9.59 Å². The highest BCUT2D eigenvalue weighted by atomic mass is 16.6. The van der Waals surface area contributed by atoms with Gasteiger partial charge in [-0.1, -0.05) is 0 Å². The van der Waals surface area contributed by atoms with Gasteiger partial charge in [-0.25, -0.2) is 19.2 Å². The van der Waals surface area contributed by atoms with Crippen molar-refractivity contribution in [1.82, 2.24) is 9.80 Å². The Morgan fingerprint density at radius 3 is 1.23 bits per heavy atom. The fraction of sp³-hybridized carbons (Fsp3) is 0.800. The molecule has 172 valence electrons. The van der Waals surface area contributed by atoms with Crippen molar-refractivity contribution in [3.8, 4) is 0 Å². The molecule has 0 aliphatic carbocycles. The van der Waals surface area contributed by atoms with E-state index in [0.717, 1.165) is 12.8 Å². The zero-order chi connectivity index (χ0) is 23.3. The molecule has 2 rings (SSSR count). The molecular weight excluding hydrogens is 396 g/mol. The van der Waals surface area contributed by atoms with E-state index < -0.39 is 47.4 Å². The lowest BCUT2D eigenvalue weighted by atomic mass is 10.2. The predicted octanol–water partition coefficient (Wildman–Crippen LogP) is 2.94. The van der Waals surface area contributed by atoms with E-state index in [-0.39, 0.29) is 0 Å². The highest BCUT2D eigenvalue weighted by Gasteiger charge is 2.37. The molecule has 2 aliphatic heterocycles. The van der Waals surface area contributed by atoms with Crippen LogP contribution < -0.4 is 0 Å². The average Bonchev–Trinajstić information content (AvgIpc) is 3.22. The van der Waals surface area contributed by atoms with Crippen molar-refractivity contribution in [3.63, 3.8) is 0 Å². The number of nitrogens with zero attached hydrogens (tertiary/aromatic N) is 2. The summed E-state index contributed by atoms with van der Waals surface area (Å²) in [5.74, 6) is -1.92. The molecule has 2 N–H and O–H groups in total. The van der Waals surface area contributed by atoms with Crippen LogP contribution in [0.1, 0.15) is 67.2 Å². The molecule has 2 aliphatic rings. The van der Waals surface area contributed by atoms with Crippen LogP contribution in [0.5, 0.6) is 0 Å². The number of hydrogen-bond donors (Lipinski definition) is 2. The monoisotopic (exact) mass is 430 g/mol. The summed E-state index contributed by atoms with van der Waals surface area (Å²) in [7, 11) is 0. The molecule has 0 saturated carbocycles. The van der Waals surface area contributed by atoms with Gasteiger partial charge in [0.05, 0.1) is 0 Å². The number of carbonyl (C=O) groups excluding carboxylic acids is 2. The molecule has 0 radical (unpaired) electrons. The summed E-state index contributed by atoms with van der Waals surface area (Å²) in [6.07, 6.45) is 1.38. The zero-order valence-electron chi connectivity index (χ0n) is 18.6. The minimum atomic E-state index is -0.960. The fourth-order valence-electron chi connectivity index (χ4n) is 3.13. The lowest BCUT2D eigenvalue weighted by Gasteiger charge is -2.26. The van der Waals surface area contributed by atoms with E-state index in [0.29, 0.717) is 25.9 Å². The van der Waals surface area contributed by atoms with E-state index in [2.05, 4.69) is 0 Å². The van der Waals surface area contributed by atoms with E-state index in [4.69, 9.17) is 19.7 Å². The van der Waals surface area contributed by atoms with Crippen LogP contribution in [0.15, 0.2) is 0 Å². The molecule has 0 aromatic rings. The maximum atomic E-state index is 11.6. The SMILES string of the molecule is CC(C)(C)OC(=O)N1CCC[C@@H]1C(=O)O.CC(C)(C)OC(=O)N1CCC[C@@H]1C(=O)O. The predicted molar refractivity (Wildman–Crippen MR) is 107 cm³/mol. The molecule has 30 heavy (non-hydrogen) atoms. The van der Waals surface area contributed by atoms with Crippen molar-refractivity contribution in [2.24, 2.45) is 0 Å². The summed E-state index contributed by atoms with van der Waals surface area (Å²) >= 11 is 0. The lowest BCUT2D eigenvalue weighted by Crippen LogP contribution is -2.43. The van der Waals surface area contributed by atoms with Gasteiger partial charge in [-0.2, -0.15) is 0 Å². The second-order valence-electron chi connectivity index (χ2n) is 9.34. The molecule has 10 nitrogen and oxygen atoms in total. The fourth-order valence-corrected chi connectivity index (χ4v) is 3.13. The third-order valence-corrected chi connectivity index (χ3v) is 4.33. The highest BCUT2D eigenvalue weighted by Crippen LogP contribution is 2.21. The number of amides is 2. The van der Waals surface area contributed by atoms with Crippen LogP contribution in [-0.2, 0) is 19.1 Å². The Hall–Kier alpha value is -2.52. The van der Waals surface area contributed by atoms with E-state index in [9.17, 15) is 19.2 Å². The number of carbonyl (C=O) groups is 4. The maximum Gasteiger partial charge on any atom is 0.411 e. The maximum absolute atomic E-state index is 11.6. The average molecular weight is 430 g/mol. The first kappa shape index (κ1) is 25.5. The summed E-state index contributed by atoms with van der Waals surface area (Å²) in [5.41, 5.74) is -1.16. The normalized spacial score (nSPS) is 21.5. The molecule has 0 spiro atoms. The second-order valence-corrected chi connectivity index (χ2v) is 9.34. The first-order valence-corrected chi connectivity index (χ1v) is 10.1. The Morgan fingerprint density at radius 1 is 0.700 bits per heavy atom. The van der Waals surface area contributed by atoms with E-state index in [1.165, 1.54) is 9.80 Å². The molecule has 0 unspecified atom stereocenters. The van der Waals surface area contributed by atoms with Crippen molar-refractivity contribution in [2.45, 2.75) is 90.5 Å². The molecule has 2 saturated heterocycles. The number of ether oxygens (including phenoxy) is 2. The standard InChI is InChI=1S/2C10H17NO4/c2*1-10(2,3)15-9(14)11-6-4-5-7(11)8(12)13/h2*7H,4-6H2,1-3H3,(H,12,13)/t2*7-/m11/s1. The summed E-state index contributed by atoms with van der Waals surface area (Å²) in [4.78, 5) is 47.5. The summed E-state index contributed by atoms with van der Waals surface area (Å²) in [6.45, 7) is 11.5. The largest absolute Gasteiger partial charge is 0.480 e. The number of rotatable bonds is 2. The molecular formula is C20H34N2O8. The Labute approximate surface area is 177 Å². The molecule has 0 aromatic carbocycles. The second kappa shape index (κ2) is 9.99. The first-order valence-electron chi connectivity index (χ1n) is 10.1. The lowest BCUT2D eigenvalue weighted by molar-refractivity contribution is -0.142. The van der Waals surface area contributed by atoms with Gasteiger partial charge >= 0.3 is 24.1 Å². The summed E-state index contributed by atoms with van der Waals surface area (Å²) in [6, 6.07) is -1.44. The highest BCUT2D eigenvalue weighted by molar-refractivity contribution is 5.81. The number of carboxylic acid groups (broad SMARTS) is 2. The van der Waals surface area contributed by atoms with Crippen LogP contribution in [0.25, 0.3) is 0 Å². The van der Waals surface area contributed by atoms with Gasteiger partial charge in [0.15, 0.2) is 0 Å². The Balaban J connectivity index is 0.000000300. The number of hydrogen-bond acceptors (Lipinski definition) is 6. The van der Waals surface area contributed by atoms with Crippen LogP contribution in [-0.4, -0.2) is 80.5 Å². The topological polar surface area (TPSA) is 134 Å². The minimum absolute atomic E-state index is 0.464. The smallest absolute Gasteiger partial charge is 0.411 e. The number of likely N-dealkylation sites (tertiary alicyclic amines) is 2. The van der Waals surface area contributed by atoms with Crippen LogP contribution in [0.3, 0.4) is 0 Å². The van der Waals surface area contributed by atoms with E-state index >= 15 is 0 Å². The van der Waals surface area contributed by atoms with Gasteiger partial charge in [-0.05, 0) is 67.2 Å². The van der Waals surface area contributed by atoms with Gasteiger partial charge < -0.3 is 19.7 Å². The molecule has 2 fully saturated rings.